The van der Waals surface area contributed by atoms with Gasteiger partial charge < -0.3 is 14.5 Å². The summed E-state index contributed by atoms with van der Waals surface area (Å²) in [5.41, 5.74) is 1.91. The largest absolute Gasteiger partial charge is 0.450 e. The van der Waals surface area contributed by atoms with Crippen LogP contribution in [0.4, 0.5) is 5.69 Å². The van der Waals surface area contributed by atoms with Crippen molar-refractivity contribution in [2.75, 3.05) is 11.9 Å². The molecule has 1 amide bonds. The van der Waals surface area contributed by atoms with Crippen LogP contribution in [0.25, 0.3) is 21.7 Å². The standard InChI is InChI=1S/C22H16BrNO4/c1-13-18-11-16(23)7-9-19(18)28-21(13)22(26)27-12-20(25)24-17-8-6-14-4-2-3-5-15(14)10-17/h2-11H,12H2,1H3,(H,24,25). The molecule has 0 aliphatic heterocycles. The van der Waals surface area contributed by atoms with Crippen LogP contribution in [0.1, 0.15) is 16.1 Å². The summed E-state index contributed by atoms with van der Waals surface area (Å²) in [7, 11) is 0. The summed E-state index contributed by atoms with van der Waals surface area (Å²) in [4.78, 5) is 24.5. The first-order chi connectivity index (χ1) is 13.5. The number of hydrogen-bond donors (Lipinski definition) is 1. The number of amides is 1. The Bertz CT molecular complexity index is 1210. The number of halogens is 1. The second-order valence-corrected chi connectivity index (χ2v) is 7.30. The highest BCUT2D eigenvalue weighted by atomic mass is 79.9. The van der Waals surface area contributed by atoms with Gasteiger partial charge >= 0.3 is 5.97 Å². The zero-order chi connectivity index (χ0) is 19.7. The van der Waals surface area contributed by atoms with Crippen LogP contribution in [0.3, 0.4) is 0 Å². The van der Waals surface area contributed by atoms with Crippen molar-refractivity contribution in [2.24, 2.45) is 0 Å². The van der Waals surface area contributed by atoms with Crippen molar-refractivity contribution in [1.29, 1.82) is 0 Å². The summed E-state index contributed by atoms with van der Waals surface area (Å²) < 4.78 is 11.6. The van der Waals surface area contributed by atoms with E-state index in [1.54, 1.807) is 13.0 Å². The van der Waals surface area contributed by atoms with Crippen molar-refractivity contribution in [3.05, 3.63) is 76.5 Å². The van der Waals surface area contributed by atoms with Crippen molar-refractivity contribution in [2.45, 2.75) is 6.92 Å². The number of furan rings is 1. The van der Waals surface area contributed by atoms with Gasteiger partial charge in [0.1, 0.15) is 5.58 Å². The molecule has 0 fully saturated rings. The van der Waals surface area contributed by atoms with Gasteiger partial charge in [0, 0.05) is 21.1 Å². The van der Waals surface area contributed by atoms with E-state index in [-0.39, 0.29) is 5.76 Å². The number of nitrogens with one attached hydrogen (secondary N) is 1. The lowest BCUT2D eigenvalue weighted by molar-refractivity contribution is -0.119. The molecule has 0 spiro atoms. The van der Waals surface area contributed by atoms with Gasteiger partial charge in [-0.25, -0.2) is 4.79 Å². The summed E-state index contributed by atoms with van der Waals surface area (Å²) in [6.45, 7) is 1.38. The molecule has 1 aromatic heterocycles. The molecule has 6 heteroatoms. The molecule has 5 nitrogen and oxygen atoms in total. The number of rotatable bonds is 4. The molecule has 0 atom stereocenters. The van der Waals surface area contributed by atoms with Gasteiger partial charge in [-0.2, -0.15) is 0 Å². The molecule has 0 aliphatic carbocycles. The Morgan fingerprint density at radius 2 is 1.82 bits per heavy atom. The lowest BCUT2D eigenvalue weighted by Gasteiger charge is -2.07. The van der Waals surface area contributed by atoms with Crippen LogP contribution in [-0.2, 0) is 9.53 Å². The van der Waals surface area contributed by atoms with E-state index < -0.39 is 18.5 Å². The number of esters is 1. The maximum Gasteiger partial charge on any atom is 0.375 e. The van der Waals surface area contributed by atoms with E-state index in [0.717, 1.165) is 20.6 Å². The van der Waals surface area contributed by atoms with Crippen molar-refractivity contribution >= 4 is 55.2 Å². The van der Waals surface area contributed by atoms with Crippen LogP contribution in [0.2, 0.25) is 0 Å². The predicted molar refractivity (Wildman–Crippen MR) is 112 cm³/mol. The molecule has 1 N–H and O–H groups in total. The summed E-state index contributed by atoms with van der Waals surface area (Å²) in [6, 6.07) is 18.9. The molecule has 0 saturated carbocycles. The lowest BCUT2D eigenvalue weighted by Crippen LogP contribution is -2.21. The maximum atomic E-state index is 12.3. The zero-order valence-electron chi connectivity index (χ0n) is 15.0. The number of benzene rings is 3. The fourth-order valence-electron chi connectivity index (χ4n) is 3.05. The van der Waals surface area contributed by atoms with Gasteiger partial charge in [-0.15, -0.1) is 0 Å². The summed E-state index contributed by atoms with van der Waals surface area (Å²) >= 11 is 3.40. The Kier molecular flexibility index (Phi) is 4.88. The van der Waals surface area contributed by atoms with Gasteiger partial charge in [0.15, 0.2) is 6.61 Å². The molecule has 4 rings (SSSR count). The van der Waals surface area contributed by atoms with Gasteiger partial charge in [0.25, 0.3) is 5.91 Å². The Morgan fingerprint density at radius 3 is 2.64 bits per heavy atom. The Balaban J connectivity index is 1.42. The molecule has 0 aliphatic rings. The van der Waals surface area contributed by atoms with E-state index in [2.05, 4.69) is 21.2 Å². The first kappa shape index (κ1) is 18.3. The molecule has 3 aromatic carbocycles. The number of anilines is 1. The highest BCUT2D eigenvalue weighted by Gasteiger charge is 2.20. The third kappa shape index (κ3) is 3.64. The average molecular weight is 438 g/mol. The predicted octanol–water partition coefficient (Wildman–Crippen LogP) is 5.45. The molecule has 1 heterocycles. The smallest absolute Gasteiger partial charge is 0.375 e. The molecule has 0 saturated heterocycles. The number of aryl methyl sites for hydroxylation is 1. The minimum Gasteiger partial charge on any atom is -0.450 e. The van der Waals surface area contributed by atoms with Crippen molar-refractivity contribution in [1.82, 2.24) is 0 Å². The van der Waals surface area contributed by atoms with Gasteiger partial charge in [0.05, 0.1) is 0 Å². The van der Waals surface area contributed by atoms with Gasteiger partial charge in [-0.1, -0.05) is 46.3 Å². The van der Waals surface area contributed by atoms with Gasteiger partial charge in [0.2, 0.25) is 5.76 Å². The molecule has 0 unspecified atom stereocenters. The van der Waals surface area contributed by atoms with E-state index in [0.29, 0.717) is 16.8 Å². The van der Waals surface area contributed by atoms with E-state index >= 15 is 0 Å². The van der Waals surface area contributed by atoms with Crippen LogP contribution < -0.4 is 5.32 Å². The topological polar surface area (TPSA) is 68.5 Å². The molecular weight excluding hydrogens is 422 g/mol. The van der Waals surface area contributed by atoms with E-state index in [1.807, 2.05) is 54.6 Å². The number of ether oxygens (including phenoxy) is 1. The first-order valence-corrected chi connectivity index (χ1v) is 9.45. The van der Waals surface area contributed by atoms with Crippen molar-refractivity contribution < 1.29 is 18.7 Å². The van der Waals surface area contributed by atoms with Crippen molar-refractivity contribution in [3.63, 3.8) is 0 Å². The van der Waals surface area contributed by atoms with Crippen molar-refractivity contribution in [3.8, 4) is 0 Å². The third-order valence-electron chi connectivity index (χ3n) is 4.45. The minimum atomic E-state index is -0.668. The van der Waals surface area contributed by atoms with E-state index in [9.17, 15) is 9.59 Å². The minimum absolute atomic E-state index is 0.103. The second-order valence-electron chi connectivity index (χ2n) is 6.38. The molecule has 4 aromatic rings. The SMILES string of the molecule is Cc1c(C(=O)OCC(=O)Nc2ccc3ccccc3c2)oc2ccc(Br)cc12. The molecule has 28 heavy (non-hydrogen) atoms. The lowest BCUT2D eigenvalue weighted by atomic mass is 10.1. The summed E-state index contributed by atoms with van der Waals surface area (Å²) in [6.07, 6.45) is 0. The molecule has 0 radical (unpaired) electrons. The van der Waals surface area contributed by atoms with Crippen LogP contribution >= 0.6 is 15.9 Å². The molecular formula is C22H16BrNO4. The molecule has 140 valence electrons. The monoisotopic (exact) mass is 437 g/mol. The third-order valence-corrected chi connectivity index (χ3v) is 4.94. The van der Waals surface area contributed by atoms with Gasteiger partial charge in [-0.05, 0) is 48.0 Å². The van der Waals surface area contributed by atoms with Gasteiger partial charge in [-0.3, -0.25) is 4.79 Å². The summed E-state index contributed by atoms with van der Waals surface area (Å²) in [5.74, 6) is -0.981. The van der Waals surface area contributed by atoms with Crippen LogP contribution in [0.15, 0.2) is 69.6 Å². The second kappa shape index (κ2) is 7.48. The highest BCUT2D eigenvalue weighted by Crippen LogP contribution is 2.28. The Morgan fingerprint density at radius 1 is 1.04 bits per heavy atom. The normalized spacial score (nSPS) is 10.9. The number of fused-ring (bicyclic) bond motifs is 2. The van der Waals surface area contributed by atoms with E-state index in [4.69, 9.17) is 9.15 Å². The fourth-order valence-corrected chi connectivity index (χ4v) is 3.41. The summed E-state index contributed by atoms with van der Waals surface area (Å²) in [5, 5.41) is 5.66. The fraction of sp³-hybridized carbons (Fsp3) is 0.0909. The van der Waals surface area contributed by atoms with Crippen LogP contribution in [0.5, 0.6) is 0 Å². The quantitative estimate of drug-likeness (QED) is 0.430. The number of hydrogen-bond acceptors (Lipinski definition) is 4. The zero-order valence-corrected chi connectivity index (χ0v) is 16.6. The highest BCUT2D eigenvalue weighted by molar-refractivity contribution is 9.10. The maximum absolute atomic E-state index is 12.3. The Hall–Kier alpha value is -3.12. The molecule has 0 bridgehead atoms. The first-order valence-electron chi connectivity index (χ1n) is 8.66. The number of carbonyl (C=O) groups excluding carboxylic acids is 2. The average Bonchev–Trinajstić information content (AvgIpc) is 3.02. The van der Waals surface area contributed by atoms with Crippen LogP contribution in [-0.4, -0.2) is 18.5 Å². The van der Waals surface area contributed by atoms with Crippen LogP contribution in [0, 0.1) is 6.92 Å². The number of carbonyl (C=O) groups is 2. The van der Waals surface area contributed by atoms with E-state index in [1.165, 1.54) is 0 Å². The Labute approximate surface area is 169 Å².